The van der Waals surface area contributed by atoms with Crippen LogP contribution in [-0.2, 0) is 6.42 Å². The summed E-state index contributed by atoms with van der Waals surface area (Å²) in [5.74, 6) is 1.83. The molecule has 0 spiro atoms. The number of likely N-dealkylation sites (N-methyl/N-ethyl adjacent to an activating group) is 1. The zero-order chi connectivity index (χ0) is 15.5. The highest BCUT2D eigenvalue weighted by Crippen LogP contribution is 2.24. The van der Waals surface area contributed by atoms with E-state index in [0.717, 1.165) is 31.0 Å². The summed E-state index contributed by atoms with van der Waals surface area (Å²) in [6.45, 7) is 12.8. The Morgan fingerprint density at radius 2 is 1.75 bits per heavy atom. The van der Waals surface area contributed by atoms with Crippen molar-refractivity contribution in [1.29, 1.82) is 0 Å². The van der Waals surface area contributed by atoms with Crippen LogP contribution < -0.4 is 9.47 Å². The number of hydrogen-bond donors (Lipinski definition) is 0. The first-order valence-corrected chi connectivity index (χ1v) is 7.57. The Kier molecular flexibility index (Phi) is 9.91. The molecule has 0 heterocycles. The van der Waals surface area contributed by atoms with Crippen LogP contribution in [0.4, 0.5) is 0 Å². The lowest BCUT2D eigenvalue weighted by Crippen LogP contribution is -2.32. The van der Waals surface area contributed by atoms with E-state index in [9.17, 15) is 0 Å². The molecule has 1 aromatic rings. The maximum atomic E-state index is 5.40. The Labute approximate surface area is 124 Å². The molecular weight excluding hydrogens is 250 g/mol. The number of hydrogen-bond acceptors (Lipinski definition) is 3. The Morgan fingerprint density at radius 1 is 1.10 bits per heavy atom. The third kappa shape index (κ3) is 5.83. The van der Waals surface area contributed by atoms with Crippen LogP contribution >= 0.6 is 0 Å². The van der Waals surface area contributed by atoms with Gasteiger partial charge < -0.3 is 14.4 Å². The fourth-order valence-electron chi connectivity index (χ4n) is 2.12. The van der Waals surface area contributed by atoms with Crippen LogP contribution in [0.3, 0.4) is 0 Å². The molecule has 0 radical (unpaired) electrons. The van der Waals surface area contributed by atoms with E-state index < -0.39 is 0 Å². The predicted molar refractivity (Wildman–Crippen MR) is 87.0 cm³/mol. The maximum absolute atomic E-state index is 5.40. The van der Waals surface area contributed by atoms with Crippen molar-refractivity contribution in [1.82, 2.24) is 4.90 Å². The van der Waals surface area contributed by atoms with Crippen LogP contribution in [-0.4, -0.2) is 38.3 Å². The van der Waals surface area contributed by atoms with Crippen molar-refractivity contribution in [3.8, 4) is 11.5 Å². The van der Waals surface area contributed by atoms with Crippen molar-refractivity contribution in [2.45, 2.75) is 47.1 Å². The van der Waals surface area contributed by atoms with Crippen molar-refractivity contribution >= 4 is 0 Å². The normalized spacial score (nSPS) is 10.2. The van der Waals surface area contributed by atoms with E-state index in [4.69, 9.17) is 9.47 Å². The molecule has 0 saturated heterocycles. The van der Waals surface area contributed by atoms with Crippen molar-refractivity contribution in [3.05, 3.63) is 23.8 Å². The molecule has 0 bridgehead atoms. The van der Waals surface area contributed by atoms with Gasteiger partial charge in [-0.25, -0.2) is 0 Å². The monoisotopic (exact) mass is 281 g/mol. The van der Waals surface area contributed by atoms with E-state index in [2.05, 4.69) is 31.7 Å². The number of ether oxygens (including phenoxy) is 2. The molecule has 0 aliphatic heterocycles. The summed E-state index contributed by atoms with van der Waals surface area (Å²) in [5.41, 5.74) is 1.20. The number of rotatable bonds is 7. The highest BCUT2D eigenvalue weighted by atomic mass is 16.5. The van der Waals surface area contributed by atoms with Gasteiger partial charge in [-0.2, -0.15) is 0 Å². The summed E-state index contributed by atoms with van der Waals surface area (Å²) in [5, 5.41) is 0. The van der Waals surface area contributed by atoms with Gasteiger partial charge in [0.15, 0.2) is 0 Å². The van der Waals surface area contributed by atoms with Crippen LogP contribution in [0, 0.1) is 0 Å². The average Bonchev–Trinajstić information content (AvgIpc) is 2.49. The van der Waals surface area contributed by atoms with Gasteiger partial charge in [-0.1, -0.05) is 20.8 Å². The standard InChI is InChI=1S/C15H25NO2.C2H6/c1-6-16(12(2)3)10-9-13-11-14(17-4)7-8-15(13)18-5;1-2/h7-8,11-12H,6,9-10H2,1-5H3;1-2H3. The first-order chi connectivity index (χ1) is 9.62. The third-order valence-electron chi connectivity index (χ3n) is 3.29. The summed E-state index contributed by atoms with van der Waals surface area (Å²) in [4.78, 5) is 2.44. The molecule has 0 N–H and O–H groups in total. The second-order valence-corrected chi connectivity index (χ2v) is 4.65. The van der Waals surface area contributed by atoms with E-state index in [0.29, 0.717) is 6.04 Å². The second-order valence-electron chi connectivity index (χ2n) is 4.65. The molecule has 0 fully saturated rings. The van der Waals surface area contributed by atoms with E-state index >= 15 is 0 Å². The minimum Gasteiger partial charge on any atom is -0.497 e. The van der Waals surface area contributed by atoms with Gasteiger partial charge in [-0.15, -0.1) is 0 Å². The number of benzene rings is 1. The molecule has 0 aliphatic carbocycles. The quantitative estimate of drug-likeness (QED) is 0.754. The Morgan fingerprint density at radius 3 is 2.20 bits per heavy atom. The van der Waals surface area contributed by atoms with Gasteiger partial charge in [0, 0.05) is 12.6 Å². The van der Waals surface area contributed by atoms with Gasteiger partial charge in [-0.05, 0) is 50.6 Å². The van der Waals surface area contributed by atoms with Crippen LogP contribution in [0.5, 0.6) is 11.5 Å². The maximum Gasteiger partial charge on any atom is 0.122 e. The molecule has 0 unspecified atom stereocenters. The van der Waals surface area contributed by atoms with Crippen LogP contribution in [0.2, 0.25) is 0 Å². The lowest BCUT2D eigenvalue weighted by molar-refractivity contribution is 0.235. The lowest BCUT2D eigenvalue weighted by atomic mass is 10.1. The fraction of sp³-hybridized carbons (Fsp3) is 0.647. The third-order valence-corrected chi connectivity index (χ3v) is 3.29. The molecule has 0 aromatic heterocycles. The van der Waals surface area contributed by atoms with E-state index in [1.807, 2.05) is 26.0 Å². The number of methoxy groups -OCH3 is 2. The molecule has 1 aromatic carbocycles. The SMILES string of the molecule is CC.CCN(CCc1cc(OC)ccc1OC)C(C)C. The molecule has 0 saturated carbocycles. The van der Waals surface area contributed by atoms with Crippen molar-refractivity contribution in [3.63, 3.8) is 0 Å². The zero-order valence-corrected chi connectivity index (χ0v) is 14.2. The highest BCUT2D eigenvalue weighted by Gasteiger charge is 2.10. The molecule has 0 atom stereocenters. The second kappa shape index (κ2) is 10.6. The molecule has 1 rings (SSSR count). The van der Waals surface area contributed by atoms with Crippen molar-refractivity contribution in [2.75, 3.05) is 27.3 Å². The summed E-state index contributed by atoms with van der Waals surface area (Å²) in [6.07, 6.45) is 0.979. The zero-order valence-electron chi connectivity index (χ0n) is 14.2. The molecule has 116 valence electrons. The Bertz CT molecular complexity index is 364. The molecular formula is C17H31NO2. The average molecular weight is 281 g/mol. The van der Waals surface area contributed by atoms with E-state index in [-0.39, 0.29) is 0 Å². The Balaban J connectivity index is 0.00000172. The summed E-state index contributed by atoms with van der Waals surface area (Å²) in [6, 6.07) is 6.54. The van der Waals surface area contributed by atoms with E-state index in [1.165, 1.54) is 5.56 Å². The van der Waals surface area contributed by atoms with Gasteiger partial charge in [0.2, 0.25) is 0 Å². The summed E-state index contributed by atoms with van der Waals surface area (Å²) in [7, 11) is 3.41. The van der Waals surface area contributed by atoms with Crippen molar-refractivity contribution < 1.29 is 9.47 Å². The topological polar surface area (TPSA) is 21.7 Å². The molecule has 3 nitrogen and oxygen atoms in total. The molecule has 0 amide bonds. The van der Waals surface area contributed by atoms with Crippen LogP contribution in [0.15, 0.2) is 18.2 Å². The van der Waals surface area contributed by atoms with Crippen molar-refractivity contribution in [2.24, 2.45) is 0 Å². The summed E-state index contributed by atoms with van der Waals surface area (Å²) >= 11 is 0. The summed E-state index contributed by atoms with van der Waals surface area (Å²) < 4.78 is 10.7. The predicted octanol–water partition coefficient (Wildman–Crippen LogP) is 4.00. The number of nitrogens with zero attached hydrogens (tertiary/aromatic N) is 1. The van der Waals surface area contributed by atoms with E-state index in [1.54, 1.807) is 14.2 Å². The first kappa shape index (κ1) is 18.8. The van der Waals surface area contributed by atoms with Gasteiger partial charge in [0.25, 0.3) is 0 Å². The first-order valence-electron chi connectivity index (χ1n) is 7.57. The van der Waals surface area contributed by atoms with Gasteiger partial charge >= 0.3 is 0 Å². The Hall–Kier alpha value is -1.22. The fourth-order valence-corrected chi connectivity index (χ4v) is 2.12. The van der Waals surface area contributed by atoms with Gasteiger partial charge in [0.1, 0.15) is 11.5 Å². The minimum atomic E-state index is 0.576. The van der Waals surface area contributed by atoms with Crippen LogP contribution in [0.1, 0.15) is 40.2 Å². The largest absolute Gasteiger partial charge is 0.497 e. The van der Waals surface area contributed by atoms with Gasteiger partial charge in [0.05, 0.1) is 14.2 Å². The molecule has 3 heteroatoms. The minimum absolute atomic E-state index is 0.576. The molecule has 0 aliphatic rings. The van der Waals surface area contributed by atoms with Gasteiger partial charge in [-0.3, -0.25) is 0 Å². The lowest BCUT2D eigenvalue weighted by Gasteiger charge is -2.25. The highest BCUT2D eigenvalue weighted by molar-refractivity contribution is 5.40. The van der Waals surface area contributed by atoms with Crippen LogP contribution in [0.25, 0.3) is 0 Å². The smallest absolute Gasteiger partial charge is 0.122 e. The molecule has 20 heavy (non-hydrogen) atoms.